The van der Waals surface area contributed by atoms with Crippen LogP contribution in [0.25, 0.3) is 0 Å². The molecule has 2 bridgehead atoms. The van der Waals surface area contributed by atoms with E-state index in [1.807, 2.05) is 13.8 Å². The van der Waals surface area contributed by atoms with Crippen molar-refractivity contribution in [1.82, 2.24) is 0 Å². The zero-order chi connectivity index (χ0) is 25.8. The van der Waals surface area contributed by atoms with Gasteiger partial charge in [0.25, 0.3) is 11.4 Å². The molecule has 3 aliphatic carbocycles. The van der Waals surface area contributed by atoms with Crippen LogP contribution in [0.2, 0.25) is 0 Å². The Hall–Kier alpha value is -2.88. The van der Waals surface area contributed by atoms with E-state index >= 15 is 0 Å². The van der Waals surface area contributed by atoms with Crippen molar-refractivity contribution in [3.63, 3.8) is 0 Å². The van der Waals surface area contributed by atoms with Crippen LogP contribution in [0.3, 0.4) is 0 Å². The zero-order valence-electron chi connectivity index (χ0n) is 20.6. The molecule has 0 aromatic heterocycles. The van der Waals surface area contributed by atoms with Gasteiger partial charge in [0.05, 0.1) is 21.5 Å². The zero-order valence-corrected chi connectivity index (χ0v) is 20.6. The van der Waals surface area contributed by atoms with Crippen molar-refractivity contribution in [3.05, 3.63) is 44.0 Å². The quantitative estimate of drug-likeness (QED) is 0.253. The van der Waals surface area contributed by atoms with Gasteiger partial charge >= 0.3 is 5.97 Å². The Bertz CT molecular complexity index is 1170. The van der Waals surface area contributed by atoms with Gasteiger partial charge in [-0.15, -0.1) is 0 Å². The highest BCUT2D eigenvalue weighted by molar-refractivity contribution is 5.97. The summed E-state index contributed by atoms with van der Waals surface area (Å²) in [5, 5.41) is 22.7. The molecule has 3 saturated carbocycles. The van der Waals surface area contributed by atoms with E-state index in [0.717, 1.165) is 24.6 Å². The minimum Gasteiger partial charge on any atom is -0.452 e. The SMILES string of the molecule is CC1(C)C[C@@]2(C)C[C@@](OC(=O)c3cc([N+](=O)[O-])cc([N+](=O)[O-])c3)(C1)[C@@]13O[C@]1(CC(C)(C)CC3=O)C2. The molecule has 35 heavy (non-hydrogen) atoms. The number of nitro groups is 2. The smallest absolute Gasteiger partial charge is 0.339 e. The summed E-state index contributed by atoms with van der Waals surface area (Å²) < 4.78 is 12.7. The van der Waals surface area contributed by atoms with Crippen LogP contribution < -0.4 is 0 Å². The highest BCUT2D eigenvalue weighted by Crippen LogP contribution is 2.77. The molecule has 0 unspecified atom stereocenters. The maximum atomic E-state index is 13.7. The molecule has 0 amide bonds. The normalized spacial score (nSPS) is 38.0. The third kappa shape index (κ3) is 3.32. The monoisotopic (exact) mass is 486 g/mol. The van der Waals surface area contributed by atoms with Crippen molar-refractivity contribution >= 4 is 23.1 Å². The molecule has 4 aliphatic rings. The molecule has 4 fully saturated rings. The summed E-state index contributed by atoms with van der Waals surface area (Å²) in [5.74, 6) is -0.999. The number of hydrogen-bond acceptors (Lipinski definition) is 8. The third-order valence-corrected chi connectivity index (χ3v) is 8.33. The summed E-state index contributed by atoms with van der Waals surface area (Å²) in [5.41, 5.74) is -5.43. The number of Topliss-reactive ketones (excluding diaryl/α,β-unsaturated/α-hetero) is 1. The molecule has 1 heterocycles. The van der Waals surface area contributed by atoms with Crippen LogP contribution in [0.1, 0.15) is 83.5 Å². The predicted octanol–water partition coefficient (Wildman–Crippen LogP) is 4.92. The Balaban J connectivity index is 1.61. The number of nitro benzene ring substituents is 2. The standard InChI is InChI=1S/C25H30N2O8/c1-20(2)9-18(28)25-23(12-21(3,4)10-22(5,13-23)14-24(25,11-20)35-25)34-19(29)15-6-16(26(30)31)8-17(7-15)27(32)33/h6-8H,9-14H2,1-5H3/t22-,23-,24+,25+/m0/s1. The van der Waals surface area contributed by atoms with Gasteiger partial charge in [-0.2, -0.15) is 0 Å². The van der Waals surface area contributed by atoms with Crippen molar-refractivity contribution in [2.75, 3.05) is 0 Å². The molecule has 0 spiro atoms. The Morgan fingerprint density at radius 3 is 2.06 bits per heavy atom. The molecule has 1 aromatic carbocycles. The van der Waals surface area contributed by atoms with Gasteiger partial charge in [-0.25, -0.2) is 4.79 Å². The molecular formula is C25H30N2O8. The largest absolute Gasteiger partial charge is 0.452 e. The van der Waals surface area contributed by atoms with Gasteiger partial charge in [0.2, 0.25) is 0 Å². The lowest BCUT2D eigenvalue weighted by Gasteiger charge is -2.59. The molecule has 1 aromatic rings. The maximum absolute atomic E-state index is 13.7. The topological polar surface area (TPSA) is 142 Å². The van der Waals surface area contributed by atoms with E-state index in [4.69, 9.17) is 9.47 Å². The number of rotatable bonds is 4. The van der Waals surface area contributed by atoms with E-state index < -0.39 is 44.0 Å². The summed E-state index contributed by atoms with van der Waals surface area (Å²) in [7, 11) is 0. The number of ether oxygens (including phenoxy) is 2. The van der Waals surface area contributed by atoms with Gasteiger partial charge in [-0.3, -0.25) is 25.0 Å². The number of non-ortho nitro benzene ring substituents is 2. The summed E-state index contributed by atoms with van der Waals surface area (Å²) >= 11 is 0. The van der Waals surface area contributed by atoms with E-state index in [-0.39, 0.29) is 27.6 Å². The molecule has 1 aliphatic heterocycles. The van der Waals surface area contributed by atoms with Crippen molar-refractivity contribution in [2.45, 2.75) is 89.9 Å². The minimum absolute atomic E-state index is 0.0775. The molecule has 1 saturated heterocycles. The molecule has 5 rings (SSSR count). The summed E-state index contributed by atoms with van der Waals surface area (Å²) in [6, 6.07) is 2.76. The van der Waals surface area contributed by atoms with E-state index in [2.05, 4.69) is 20.8 Å². The predicted molar refractivity (Wildman–Crippen MR) is 123 cm³/mol. The number of fused-ring (bicyclic) bond motifs is 2. The van der Waals surface area contributed by atoms with Gasteiger partial charge in [-0.1, -0.05) is 34.6 Å². The number of epoxide rings is 1. The van der Waals surface area contributed by atoms with E-state index in [1.54, 1.807) is 0 Å². The number of carbonyl (C=O) groups is 2. The lowest BCUT2D eigenvalue weighted by atomic mass is 9.44. The number of benzene rings is 1. The summed E-state index contributed by atoms with van der Waals surface area (Å²) in [6.45, 7) is 10.4. The first-order valence-corrected chi connectivity index (χ1v) is 11.9. The van der Waals surface area contributed by atoms with E-state index in [1.165, 1.54) is 0 Å². The Morgan fingerprint density at radius 1 is 0.886 bits per heavy atom. The highest BCUT2D eigenvalue weighted by atomic mass is 16.7. The summed E-state index contributed by atoms with van der Waals surface area (Å²) in [4.78, 5) is 48.4. The van der Waals surface area contributed by atoms with Gasteiger partial charge < -0.3 is 9.47 Å². The first-order chi connectivity index (χ1) is 16.0. The van der Waals surface area contributed by atoms with Crippen LogP contribution in [0.5, 0.6) is 0 Å². The van der Waals surface area contributed by atoms with Crippen LogP contribution in [-0.2, 0) is 14.3 Å². The van der Waals surface area contributed by atoms with Crippen LogP contribution in [-0.4, -0.2) is 38.4 Å². The molecule has 0 radical (unpaired) electrons. The highest BCUT2D eigenvalue weighted by Gasteiger charge is 2.90. The Kier molecular flexibility index (Phi) is 4.54. The molecular weight excluding hydrogens is 456 g/mol. The van der Waals surface area contributed by atoms with Crippen LogP contribution in [0.15, 0.2) is 18.2 Å². The fourth-order valence-corrected chi connectivity index (χ4v) is 8.29. The Labute approximate surface area is 202 Å². The van der Waals surface area contributed by atoms with Gasteiger partial charge in [0.1, 0.15) is 5.60 Å². The van der Waals surface area contributed by atoms with Crippen LogP contribution in [0, 0.1) is 36.5 Å². The van der Waals surface area contributed by atoms with Gasteiger partial charge in [-0.05, 0) is 48.3 Å². The lowest BCUT2D eigenvalue weighted by molar-refractivity contribution is -0.394. The fourth-order valence-electron chi connectivity index (χ4n) is 8.29. The number of esters is 1. The average molecular weight is 487 g/mol. The van der Waals surface area contributed by atoms with Gasteiger partial charge in [0.15, 0.2) is 17.0 Å². The number of ketones is 1. The molecule has 4 atom stereocenters. The summed E-state index contributed by atoms with van der Waals surface area (Å²) in [6.07, 6.45) is 3.36. The second-order valence-corrected chi connectivity index (χ2v) is 13.0. The first kappa shape index (κ1) is 23.8. The van der Waals surface area contributed by atoms with Crippen molar-refractivity contribution < 1.29 is 28.9 Å². The van der Waals surface area contributed by atoms with Gasteiger partial charge in [0, 0.05) is 18.6 Å². The maximum Gasteiger partial charge on any atom is 0.339 e. The molecule has 10 nitrogen and oxygen atoms in total. The molecule has 0 N–H and O–H groups in total. The average Bonchev–Trinajstić information content (AvgIpc) is 3.34. The van der Waals surface area contributed by atoms with Crippen LogP contribution in [0.4, 0.5) is 11.4 Å². The second kappa shape index (κ2) is 6.66. The molecule has 10 heteroatoms. The lowest BCUT2D eigenvalue weighted by Crippen LogP contribution is -2.69. The fraction of sp³-hybridized carbons (Fsp3) is 0.680. The second-order valence-electron chi connectivity index (χ2n) is 13.0. The number of hydrogen-bond donors (Lipinski definition) is 0. The van der Waals surface area contributed by atoms with E-state index in [9.17, 15) is 29.8 Å². The first-order valence-electron chi connectivity index (χ1n) is 11.9. The van der Waals surface area contributed by atoms with Crippen molar-refractivity contribution in [2.24, 2.45) is 16.2 Å². The number of carbonyl (C=O) groups excluding carboxylic acids is 2. The number of nitrogens with zero attached hydrogens (tertiary/aromatic N) is 2. The van der Waals surface area contributed by atoms with Crippen molar-refractivity contribution in [1.29, 1.82) is 0 Å². The van der Waals surface area contributed by atoms with Crippen LogP contribution >= 0.6 is 0 Å². The molecule has 188 valence electrons. The Morgan fingerprint density at radius 2 is 1.49 bits per heavy atom. The van der Waals surface area contributed by atoms with Crippen molar-refractivity contribution in [3.8, 4) is 0 Å². The third-order valence-electron chi connectivity index (χ3n) is 8.33. The van der Waals surface area contributed by atoms with E-state index in [0.29, 0.717) is 32.1 Å². The minimum atomic E-state index is -1.26.